The summed E-state index contributed by atoms with van der Waals surface area (Å²) in [6, 6.07) is 0. The number of esters is 1. The van der Waals surface area contributed by atoms with Gasteiger partial charge in [0.15, 0.2) is 0 Å². The Morgan fingerprint density at radius 2 is 2.38 bits per heavy atom. The number of allylic oxidation sites excluding steroid dienone is 1. The number of hydrogen-bond acceptors (Lipinski definition) is 4. The predicted molar refractivity (Wildman–Crippen MR) is 46.0 cm³/mol. The molecule has 2 N–H and O–H groups in total. The van der Waals surface area contributed by atoms with Crippen molar-refractivity contribution in [3.63, 3.8) is 0 Å². The summed E-state index contributed by atoms with van der Waals surface area (Å²) in [4.78, 5) is 11.2. The molecule has 0 spiro atoms. The molecule has 0 aromatic heterocycles. The van der Waals surface area contributed by atoms with Gasteiger partial charge in [0.05, 0.1) is 18.3 Å². The SMILES string of the molecule is CCOC(=O)C1=CCCC(O)C1O. The van der Waals surface area contributed by atoms with Gasteiger partial charge in [0.2, 0.25) is 0 Å². The highest BCUT2D eigenvalue weighted by molar-refractivity contribution is 5.89. The van der Waals surface area contributed by atoms with E-state index in [2.05, 4.69) is 0 Å². The highest BCUT2D eigenvalue weighted by atomic mass is 16.5. The maximum absolute atomic E-state index is 11.2. The zero-order valence-corrected chi connectivity index (χ0v) is 7.56. The maximum atomic E-state index is 11.2. The average molecular weight is 186 g/mol. The topological polar surface area (TPSA) is 66.8 Å². The van der Waals surface area contributed by atoms with E-state index in [0.29, 0.717) is 12.8 Å². The zero-order chi connectivity index (χ0) is 9.84. The summed E-state index contributed by atoms with van der Waals surface area (Å²) < 4.78 is 4.72. The lowest BCUT2D eigenvalue weighted by Gasteiger charge is -2.23. The smallest absolute Gasteiger partial charge is 0.336 e. The van der Waals surface area contributed by atoms with Crippen molar-refractivity contribution >= 4 is 5.97 Å². The van der Waals surface area contributed by atoms with E-state index >= 15 is 0 Å². The summed E-state index contributed by atoms with van der Waals surface area (Å²) in [5.74, 6) is -0.534. The molecule has 74 valence electrons. The Morgan fingerprint density at radius 3 is 3.00 bits per heavy atom. The summed E-state index contributed by atoms with van der Waals surface area (Å²) >= 11 is 0. The zero-order valence-electron chi connectivity index (χ0n) is 7.56. The van der Waals surface area contributed by atoms with Crippen LogP contribution in [0, 0.1) is 0 Å². The summed E-state index contributed by atoms with van der Waals surface area (Å²) in [7, 11) is 0. The molecular formula is C9H14O4. The van der Waals surface area contributed by atoms with E-state index in [0.717, 1.165) is 0 Å². The summed E-state index contributed by atoms with van der Waals surface area (Å²) in [5.41, 5.74) is 0.181. The third-order valence-electron chi connectivity index (χ3n) is 2.02. The molecular weight excluding hydrogens is 172 g/mol. The standard InChI is InChI=1S/C9H14O4/c1-2-13-9(12)6-4-3-5-7(10)8(6)11/h4,7-8,10-11H,2-3,5H2,1H3. The van der Waals surface area contributed by atoms with Gasteiger partial charge in [0, 0.05) is 0 Å². The first-order valence-electron chi connectivity index (χ1n) is 4.40. The fourth-order valence-corrected chi connectivity index (χ4v) is 1.31. The van der Waals surface area contributed by atoms with Crippen molar-refractivity contribution in [1.82, 2.24) is 0 Å². The van der Waals surface area contributed by atoms with Gasteiger partial charge in [-0.05, 0) is 19.8 Å². The van der Waals surface area contributed by atoms with Crippen LogP contribution < -0.4 is 0 Å². The largest absolute Gasteiger partial charge is 0.463 e. The van der Waals surface area contributed by atoms with Crippen LogP contribution >= 0.6 is 0 Å². The van der Waals surface area contributed by atoms with Gasteiger partial charge >= 0.3 is 5.97 Å². The Bertz CT molecular complexity index is 222. The van der Waals surface area contributed by atoms with Crippen LogP contribution in [0.1, 0.15) is 19.8 Å². The van der Waals surface area contributed by atoms with Crippen LogP contribution in [0.3, 0.4) is 0 Å². The van der Waals surface area contributed by atoms with Gasteiger partial charge in [-0.25, -0.2) is 4.79 Å². The molecule has 2 unspecified atom stereocenters. The number of ether oxygens (including phenoxy) is 1. The Balaban J connectivity index is 2.67. The van der Waals surface area contributed by atoms with Crippen molar-refractivity contribution in [3.8, 4) is 0 Å². The van der Waals surface area contributed by atoms with Crippen molar-refractivity contribution in [3.05, 3.63) is 11.6 Å². The van der Waals surface area contributed by atoms with Gasteiger partial charge < -0.3 is 14.9 Å². The highest BCUT2D eigenvalue weighted by Gasteiger charge is 2.29. The molecule has 0 bridgehead atoms. The van der Waals surface area contributed by atoms with Crippen LogP contribution in [-0.4, -0.2) is 35.0 Å². The quantitative estimate of drug-likeness (QED) is 0.595. The Labute approximate surface area is 76.8 Å². The molecule has 0 amide bonds. The lowest BCUT2D eigenvalue weighted by molar-refractivity contribution is -0.140. The molecule has 1 aliphatic carbocycles. The molecule has 2 atom stereocenters. The lowest BCUT2D eigenvalue weighted by atomic mass is 9.94. The number of carbonyl (C=O) groups is 1. The van der Waals surface area contributed by atoms with E-state index in [1.807, 2.05) is 0 Å². The van der Waals surface area contributed by atoms with Crippen LogP contribution in [0.15, 0.2) is 11.6 Å². The molecule has 4 heteroatoms. The first-order chi connectivity index (χ1) is 6.16. The van der Waals surface area contributed by atoms with E-state index in [-0.39, 0.29) is 12.2 Å². The second-order valence-corrected chi connectivity index (χ2v) is 2.97. The monoisotopic (exact) mass is 186 g/mol. The fraction of sp³-hybridized carbons (Fsp3) is 0.667. The van der Waals surface area contributed by atoms with Gasteiger partial charge in [-0.2, -0.15) is 0 Å². The average Bonchev–Trinajstić information content (AvgIpc) is 2.10. The van der Waals surface area contributed by atoms with Crippen molar-refractivity contribution in [2.75, 3.05) is 6.61 Å². The minimum Gasteiger partial charge on any atom is -0.463 e. The molecule has 0 radical (unpaired) electrons. The Morgan fingerprint density at radius 1 is 1.69 bits per heavy atom. The first-order valence-corrected chi connectivity index (χ1v) is 4.40. The van der Waals surface area contributed by atoms with Crippen LogP contribution in [0.4, 0.5) is 0 Å². The van der Waals surface area contributed by atoms with Crippen molar-refractivity contribution in [1.29, 1.82) is 0 Å². The van der Waals surface area contributed by atoms with E-state index in [1.165, 1.54) is 0 Å². The molecule has 0 aromatic rings. The van der Waals surface area contributed by atoms with Crippen molar-refractivity contribution < 1.29 is 19.7 Å². The molecule has 0 aliphatic heterocycles. The second-order valence-electron chi connectivity index (χ2n) is 2.97. The van der Waals surface area contributed by atoms with E-state index in [1.54, 1.807) is 13.0 Å². The Kier molecular flexibility index (Phi) is 3.45. The van der Waals surface area contributed by atoms with Gasteiger partial charge in [0.1, 0.15) is 6.10 Å². The van der Waals surface area contributed by atoms with Crippen LogP contribution in [0.5, 0.6) is 0 Å². The van der Waals surface area contributed by atoms with Gasteiger partial charge in [-0.3, -0.25) is 0 Å². The third-order valence-corrected chi connectivity index (χ3v) is 2.02. The molecule has 1 rings (SSSR count). The minimum atomic E-state index is -1.09. The Hall–Kier alpha value is -0.870. The minimum absolute atomic E-state index is 0.181. The number of hydrogen-bond donors (Lipinski definition) is 2. The van der Waals surface area contributed by atoms with E-state index < -0.39 is 18.2 Å². The molecule has 13 heavy (non-hydrogen) atoms. The summed E-state index contributed by atoms with van der Waals surface area (Å²) in [6.45, 7) is 1.98. The third kappa shape index (κ3) is 2.29. The van der Waals surface area contributed by atoms with E-state index in [9.17, 15) is 15.0 Å². The summed E-state index contributed by atoms with van der Waals surface area (Å²) in [6.07, 6.45) is 0.781. The number of aliphatic hydroxyl groups excluding tert-OH is 2. The molecule has 0 saturated carbocycles. The first kappa shape index (κ1) is 10.2. The van der Waals surface area contributed by atoms with Crippen LogP contribution in [0.25, 0.3) is 0 Å². The van der Waals surface area contributed by atoms with Crippen molar-refractivity contribution in [2.45, 2.75) is 32.0 Å². The molecule has 0 heterocycles. The number of rotatable bonds is 2. The van der Waals surface area contributed by atoms with Gasteiger partial charge in [-0.15, -0.1) is 0 Å². The molecule has 1 aliphatic rings. The predicted octanol–water partition coefficient (Wildman–Crippen LogP) is -0.00850. The fourth-order valence-electron chi connectivity index (χ4n) is 1.31. The lowest BCUT2D eigenvalue weighted by Crippen LogP contribution is -2.34. The molecule has 0 saturated heterocycles. The van der Waals surface area contributed by atoms with Gasteiger partial charge in [-0.1, -0.05) is 6.08 Å². The van der Waals surface area contributed by atoms with Crippen molar-refractivity contribution in [2.24, 2.45) is 0 Å². The number of carbonyl (C=O) groups excluding carboxylic acids is 1. The van der Waals surface area contributed by atoms with E-state index in [4.69, 9.17) is 4.74 Å². The highest BCUT2D eigenvalue weighted by Crippen LogP contribution is 2.19. The second kappa shape index (κ2) is 4.39. The normalized spacial score (nSPS) is 28.1. The maximum Gasteiger partial charge on any atom is 0.336 e. The molecule has 0 fully saturated rings. The van der Waals surface area contributed by atoms with Crippen LogP contribution in [0.2, 0.25) is 0 Å². The van der Waals surface area contributed by atoms with Crippen LogP contribution in [-0.2, 0) is 9.53 Å². The number of aliphatic hydroxyl groups is 2. The van der Waals surface area contributed by atoms with Gasteiger partial charge in [0.25, 0.3) is 0 Å². The molecule has 0 aromatic carbocycles. The molecule has 4 nitrogen and oxygen atoms in total. The summed E-state index contributed by atoms with van der Waals surface area (Å²) in [5, 5.41) is 18.7.